The van der Waals surface area contributed by atoms with Gasteiger partial charge in [-0.25, -0.2) is 0 Å². The Morgan fingerprint density at radius 2 is 1.29 bits per heavy atom. The molecular weight excluding hydrogens is 212 g/mol. The fraction of sp³-hybridized carbons (Fsp3) is 0.333. The van der Waals surface area contributed by atoms with Gasteiger partial charge in [0.15, 0.2) is 0 Å². The van der Waals surface area contributed by atoms with Crippen molar-refractivity contribution in [2.24, 2.45) is 0 Å². The molecule has 0 fully saturated rings. The molecule has 0 spiro atoms. The van der Waals surface area contributed by atoms with Crippen molar-refractivity contribution in [2.75, 3.05) is 14.2 Å². The van der Waals surface area contributed by atoms with Gasteiger partial charge in [0, 0.05) is 0 Å². The molecule has 0 saturated carbocycles. The smallest absolute Gasteiger partial charge is 0.0924 e. The topological polar surface area (TPSA) is 18.5 Å². The van der Waals surface area contributed by atoms with E-state index in [1.165, 1.54) is 0 Å². The second-order valence-electron chi connectivity index (χ2n) is 3.64. The van der Waals surface area contributed by atoms with Crippen LogP contribution in [0.2, 0.25) is 0 Å². The zero-order valence-electron chi connectivity index (χ0n) is 11.4. The normalized spacial score (nSPS) is 14.6. The number of ether oxygens (including phenoxy) is 2. The molecule has 0 rings (SSSR count). The maximum absolute atomic E-state index is 5.07. The molecule has 0 aromatic rings. The zero-order chi connectivity index (χ0) is 13.3. The summed E-state index contributed by atoms with van der Waals surface area (Å²) in [4.78, 5) is 0. The first kappa shape index (κ1) is 15.3. The van der Waals surface area contributed by atoms with Crippen LogP contribution in [0.1, 0.15) is 20.8 Å². The Morgan fingerprint density at radius 1 is 0.824 bits per heavy atom. The van der Waals surface area contributed by atoms with Crippen molar-refractivity contribution in [3.63, 3.8) is 0 Å². The van der Waals surface area contributed by atoms with Gasteiger partial charge in [-0.15, -0.1) is 0 Å². The minimum Gasteiger partial charge on any atom is -0.501 e. The number of methoxy groups -OCH3 is 2. The van der Waals surface area contributed by atoms with E-state index in [-0.39, 0.29) is 0 Å². The van der Waals surface area contributed by atoms with Crippen LogP contribution >= 0.6 is 0 Å². The molecule has 0 aliphatic heterocycles. The molecule has 2 heteroatoms. The molecule has 0 bridgehead atoms. The summed E-state index contributed by atoms with van der Waals surface area (Å²) in [5, 5.41) is 0. The monoisotopic (exact) mass is 234 g/mol. The molecule has 0 unspecified atom stereocenters. The van der Waals surface area contributed by atoms with Gasteiger partial charge < -0.3 is 9.47 Å². The third-order valence-electron chi connectivity index (χ3n) is 2.38. The van der Waals surface area contributed by atoms with E-state index in [1.54, 1.807) is 14.2 Å². The molecule has 0 atom stereocenters. The quantitative estimate of drug-likeness (QED) is 0.508. The van der Waals surface area contributed by atoms with Gasteiger partial charge in [-0.05, 0) is 44.1 Å². The molecule has 0 saturated heterocycles. The highest BCUT2D eigenvalue weighted by Crippen LogP contribution is 2.12. The summed E-state index contributed by atoms with van der Waals surface area (Å²) >= 11 is 0. The van der Waals surface area contributed by atoms with Crippen molar-refractivity contribution in [1.29, 1.82) is 0 Å². The van der Waals surface area contributed by atoms with Crippen molar-refractivity contribution in [3.05, 3.63) is 59.6 Å². The van der Waals surface area contributed by atoms with Crippen molar-refractivity contribution in [1.82, 2.24) is 0 Å². The highest BCUT2D eigenvalue weighted by Gasteiger charge is 1.93. The van der Waals surface area contributed by atoms with Crippen LogP contribution in [-0.2, 0) is 9.47 Å². The third-order valence-corrected chi connectivity index (χ3v) is 2.38. The number of hydrogen-bond acceptors (Lipinski definition) is 2. The Kier molecular flexibility index (Phi) is 7.61. The largest absolute Gasteiger partial charge is 0.501 e. The summed E-state index contributed by atoms with van der Waals surface area (Å²) in [5.41, 5.74) is 2.18. The van der Waals surface area contributed by atoms with Gasteiger partial charge in [-0.3, -0.25) is 0 Å². The van der Waals surface area contributed by atoms with E-state index >= 15 is 0 Å². The van der Waals surface area contributed by atoms with Crippen LogP contribution in [0.15, 0.2) is 59.6 Å². The van der Waals surface area contributed by atoms with Gasteiger partial charge in [-0.2, -0.15) is 0 Å². The predicted octanol–water partition coefficient (Wildman–Crippen LogP) is 4.15. The van der Waals surface area contributed by atoms with Gasteiger partial charge in [0.05, 0.1) is 25.7 Å². The van der Waals surface area contributed by atoms with E-state index in [9.17, 15) is 0 Å². The number of hydrogen-bond donors (Lipinski definition) is 0. The second-order valence-corrected chi connectivity index (χ2v) is 3.64. The Morgan fingerprint density at radius 3 is 1.71 bits per heavy atom. The average Bonchev–Trinajstić information content (AvgIpc) is 2.35. The zero-order valence-corrected chi connectivity index (χ0v) is 11.4. The summed E-state index contributed by atoms with van der Waals surface area (Å²) in [6.45, 7) is 9.65. The van der Waals surface area contributed by atoms with Crippen LogP contribution in [0.25, 0.3) is 0 Å². The molecule has 2 nitrogen and oxygen atoms in total. The van der Waals surface area contributed by atoms with Crippen molar-refractivity contribution < 1.29 is 9.47 Å². The lowest BCUT2D eigenvalue weighted by Crippen LogP contribution is -1.83. The van der Waals surface area contributed by atoms with Gasteiger partial charge in [0.2, 0.25) is 0 Å². The van der Waals surface area contributed by atoms with Crippen LogP contribution in [0.4, 0.5) is 0 Å². The first-order valence-corrected chi connectivity index (χ1v) is 5.49. The summed E-state index contributed by atoms with van der Waals surface area (Å²) in [5.74, 6) is 1.73. The van der Waals surface area contributed by atoms with E-state index in [2.05, 4.69) is 6.58 Å². The fourth-order valence-corrected chi connectivity index (χ4v) is 1.04. The van der Waals surface area contributed by atoms with Gasteiger partial charge in [-0.1, -0.05) is 24.8 Å². The third kappa shape index (κ3) is 6.46. The molecular formula is C15H22O2. The minimum absolute atomic E-state index is 0.862. The lowest BCUT2D eigenvalue weighted by atomic mass is 10.1. The van der Waals surface area contributed by atoms with Crippen molar-refractivity contribution >= 4 is 0 Å². The number of rotatable bonds is 6. The van der Waals surface area contributed by atoms with Crippen LogP contribution in [-0.4, -0.2) is 14.2 Å². The molecule has 0 radical (unpaired) electrons. The maximum Gasteiger partial charge on any atom is 0.0924 e. The standard InChI is InChI=1S/C15H22O2/c1-7-15(11-10-14(4)17-6)12(2)8-9-13(3)16-5/h7-11H,1H2,2-6H3/b12-8+,13-9+,14-10+,15-11+. The highest BCUT2D eigenvalue weighted by molar-refractivity contribution is 5.41. The molecule has 0 N–H and O–H groups in total. The molecule has 0 amide bonds. The van der Waals surface area contributed by atoms with Gasteiger partial charge >= 0.3 is 0 Å². The molecule has 0 aromatic heterocycles. The van der Waals surface area contributed by atoms with Gasteiger partial charge in [0.25, 0.3) is 0 Å². The summed E-state index contributed by atoms with van der Waals surface area (Å²) in [7, 11) is 3.31. The second kappa shape index (κ2) is 8.45. The minimum atomic E-state index is 0.862. The maximum atomic E-state index is 5.07. The Hall–Kier alpha value is -1.70. The molecule has 0 aliphatic rings. The molecule has 94 valence electrons. The Balaban J connectivity index is 4.95. The highest BCUT2D eigenvalue weighted by atomic mass is 16.5. The number of allylic oxidation sites excluding steroid dienone is 9. The van der Waals surface area contributed by atoms with Crippen LogP contribution < -0.4 is 0 Å². The predicted molar refractivity (Wildman–Crippen MR) is 73.6 cm³/mol. The lowest BCUT2D eigenvalue weighted by molar-refractivity contribution is 0.293. The SMILES string of the molecule is C=CC(=C\C=C(/C)OC)/C(C)=C/C=C(\C)OC. The first-order valence-electron chi connectivity index (χ1n) is 5.49. The van der Waals surface area contributed by atoms with E-state index in [0.717, 1.165) is 22.7 Å². The lowest BCUT2D eigenvalue weighted by Gasteiger charge is -2.02. The van der Waals surface area contributed by atoms with E-state index < -0.39 is 0 Å². The van der Waals surface area contributed by atoms with E-state index in [1.807, 2.05) is 51.2 Å². The van der Waals surface area contributed by atoms with Crippen molar-refractivity contribution in [2.45, 2.75) is 20.8 Å². The first-order chi connectivity index (χ1) is 8.04. The van der Waals surface area contributed by atoms with Crippen LogP contribution in [0.3, 0.4) is 0 Å². The van der Waals surface area contributed by atoms with Crippen LogP contribution in [0, 0.1) is 0 Å². The van der Waals surface area contributed by atoms with Crippen molar-refractivity contribution in [3.8, 4) is 0 Å². The average molecular weight is 234 g/mol. The Labute approximate surface area is 105 Å². The van der Waals surface area contributed by atoms with Crippen LogP contribution in [0.5, 0.6) is 0 Å². The Bertz CT molecular complexity index is 368. The molecule has 17 heavy (non-hydrogen) atoms. The molecule has 0 heterocycles. The van der Waals surface area contributed by atoms with Gasteiger partial charge in [0.1, 0.15) is 0 Å². The fourth-order valence-electron chi connectivity index (χ4n) is 1.04. The summed E-state index contributed by atoms with van der Waals surface area (Å²) in [6.07, 6.45) is 9.65. The molecule has 0 aliphatic carbocycles. The van der Waals surface area contributed by atoms with E-state index in [0.29, 0.717) is 0 Å². The summed E-state index contributed by atoms with van der Waals surface area (Å²) < 4.78 is 10.1. The molecule has 0 aromatic carbocycles. The van der Waals surface area contributed by atoms with E-state index in [4.69, 9.17) is 9.47 Å². The summed E-state index contributed by atoms with van der Waals surface area (Å²) in [6, 6.07) is 0.